The summed E-state index contributed by atoms with van der Waals surface area (Å²) in [6.07, 6.45) is 0.0716. The first-order chi connectivity index (χ1) is 12.8. The Morgan fingerprint density at radius 2 is 1.89 bits per heavy atom. The van der Waals surface area contributed by atoms with E-state index in [1.807, 2.05) is 0 Å². The smallest absolute Gasteiger partial charge is 0.296 e. The standard InChI is InChI=1S/C18H20N2O6S/c1-26-15-9-10-16(17(12-15)20(22)23)19-18(21)8-5-11-27(24,25)13-14-6-3-2-4-7-14/h2-4,6-7,9-10,12H,5,8,11,13H2,1H3,(H,19,21). The van der Waals surface area contributed by atoms with E-state index in [-0.39, 0.29) is 35.7 Å². The van der Waals surface area contributed by atoms with E-state index in [0.717, 1.165) is 0 Å². The first-order valence-corrected chi connectivity index (χ1v) is 9.99. The van der Waals surface area contributed by atoms with Crippen LogP contribution in [0.3, 0.4) is 0 Å². The van der Waals surface area contributed by atoms with Crippen molar-refractivity contribution in [3.63, 3.8) is 0 Å². The molecule has 0 saturated carbocycles. The van der Waals surface area contributed by atoms with Crippen LogP contribution in [0, 0.1) is 10.1 Å². The van der Waals surface area contributed by atoms with Crippen molar-refractivity contribution >= 4 is 27.1 Å². The van der Waals surface area contributed by atoms with Crippen molar-refractivity contribution in [3.8, 4) is 5.75 Å². The van der Waals surface area contributed by atoms with Gasteiger partial charge in [-0.25, -0.2) is 8.42 Å². The fourth-order valence-corrected chi connectivity index (χ4v) is 3.89. The number of nitrogens with one attached hydrogen (secondary N) is 1. The molecule has 0 bridgehead atoms. The quantitative estimate of drug-likeness (QED) is 0.518. The Labute approximate surface area is 157 Å². The number of sulfone groups is 1. The van der Waals surface area contributed by atoms with Gasteiger partial charge in [-0.3, -0.25) is 14.9 Å². The summed E-state index contributed by atoms with van der Waals surface area (Å²) in [6.45, 7) is 0. The second-order valence-electron chi connectivity index (χ2n) is 5.87. The molecular weight excluding hydrogens is 372 g/mol. The number of hydrogen-bond donors (Lipinski definition) is 1. The van der Waals surface area contributed by atoms with Crippen LogP contribution in [0.5, 0.6) is 5.75 Å². The fourth-order valence-electron chi connectivity index (χ4n) is 2.46. The average molecular weight is 392 g/mol. The number of anilines is 1. The topological polar surface area (TPSA) is 116 Å². The maximum Gasteiger partial charge on any atom is 0.296 e. The van der Waals surface area contributed by atoms with Crippen LogP contribution in [-0.2, 0) is 20.4 Å². The first-order valence-electron chi connectivity index (χ1n) is 8.17. The molecule has 1 amide bonds. The molecule has 0 aromatic heterocycles. The highest BCUT2D eigenvalue weighted by atomic mass is 32.2. The molecule has 1 N–H and O–H groups in total. The largest absolute Gasteiger partial charge is 0.496 e. The normalized spacial score (nSPS) is 11.0. The molecule has 0 fully saturated rings. The van der Waals surface area contributed by atoms with Gasteiger partial charge in [0.05, 0.1) is 29.6 Å². The summed E-state index contributed by atoms with van der Waals surface area (Å²) in [5, 5.41) is 13.6. The van der Waals surface area contributed by atoms with Crippen molar-refractivity contribution in [1.29, 1.82) is 0 Å². The summed E-state index contributed by atoms with van der Waals surface area (Å²) in [6, 6.07) is 12.9. The molecule has 2 rings (SSSR count). The number of methoxy groups -OCH3 is 1. The highest BCUT2D eigenvalue weighted by molar-refractivity contribution is 7.90. The molecule has 0 aliphatic carbocycles. The van der Waals surface area contributed by atoms with Gasteiger partial charge in [-0.2, -0.15) is 0 Å². The average Bonchev–Trinajstić information content (AvgIpc) is 2.62. The van der Waals surface area contributed by atoms with Crippen LogP contribution in [0.1, 0.15) is 18.4 Å². The third kappa shape index (κ3) is 6.37. The van der Waals surface area contributed by atoms with Gasteiger partial charge in [0.15, 0.2) is 9.84 Å². The summed E-state index contributed by atoms with van der Waals surface area (Å²) in [5.74, 6) is -0.413. The number of ether oxygens (including phenoxy) is 1. The summed E-state index contributed by atoms with van der Waals surface area (Å²) in [7, 11) is -1.96. The highest BCUT2D eigenvalue weighted by Crippen LogP contribution is 2.29. The second-order valence-corrected chi connectivity index (χ2v) is 8.05. The molecule has 0 spiro atoms. The van der Waals surface area contributed by atoms with E-state index in [2.05, 4.69) is 5.32 Å². The third-order valence-electron chi connectivity index (χ3n) is 3.76. The Morgan fingerprint density at radius 3 is 2.52 bits per heavy atom. The molecule has 0 unspecified atom stereocenters. The summed E-state index contributed by atoms with van der Waals surface area (Å²) < 4.78 is 29.2. The molecule has 0 saturated heterocycles. The predicted molar refractivity (Wildman–Crippen MR) is 101 cm³/mol. The molecule has 0 aliphatic rings. The van der Waals surface area contributed by atoms with Gasteiger partial charge >= 0.3 is 0 Å². The number of benzene rings is 2. The molecule has 2 aromatic rings. The van der Waals surface area contributed by atoms with Crippen LogP contribution >= 0.6 is 0 Å². The van der Waals surface area contributed by atoms with Crippen molar-refractivity contribution in [2.75, 3.05) is 18.2 Å². The van der Waals surface area contributed by atoms with E-state index in [4.69, 9.17) is 4.74 Å². The van der Waals surface area contributed by atoms with Crippen molar-refractivity contribution in [2.24, 2.45) is 0 Å². The van der Waals surface area contributed by atoms with Crippen LogP contribution in [0.25, 0.3) is 0 Å². The Morgan fingerprint density at radius 1 is 1.19 bits per heavy atom. The summed E-state index contributed by atoms with van der Waals surface area (Å²) >= 11 is 0. The van der Waals surface area contributed by atoms with Gasteiger partial charge in [-0.1, -0.05) is 30.3 Å². The number of rotatable bonds is 9. The zero-order chi connectivity index (χ0) is 19.9. The molecule has 0 aliphatic heterocycles. The van der Waals surface area contributed by atoms with Gasteiger partial charge < -0.3 is 10.1 Å². The SMILES string of the molecule is COc1ccc(NC(=O)CCCS(=O)(=O)Cc2ccccc2)c([N+](=O)[O-])c1. The van der Waals surface area contributed by atoms with E-state index in [1.165, 1.54) is 25.3 Å². The van der Waals surface area contributed by atoms with E-state index >= 15 is 0 Å². The van der Waals surface area contributed by atoms with Gasteiger partial charge in [0, 0.05) is 6.42 Å². The summed E-state index contributed by atoms with van der Waals surface area (Å²) in [4.78, 5) is 22.5. The Kier molecular flexibility index (Phi) is 6.89. The van der Waals surface area contributed by atoms with Crippen LogP contribution in [0.2, 0.25) is 0 Å². The maximum absolute atomic E-state index is 12.1. The molecular formula is C18H20N2O6S. The van der Waals surface area contributed by atoms with E-state index in [0.29, 0.717) is 11.3 Å². The number of amides is 1. The van der Waals surface area contributed by atoms with Gasteiger partial charge in [0.25, 0.3) is 5.69 Å². The number of nitrogens with zero attached hydrogens (tertiary/aromatic N) is 1. The highest BCUT2D eigenvalue weighted by Gasteiger charge is 2.18. The predicted octanol–water partition coefficient (Wildman–Crippen LogP) is 2.94. The van der Waals surface area contributed by atoms with E-state index in [9.17, 15) is 23.3 Å². The Hall–Kier alpha value is -2.94. The second kappa shape index (κ2) is 9.13. The van der Waals surface area contributed by atoms with Gasteiger partial charge in [-0.05, 0) is 24.1 Å². The number of hydrogen-bond acceptors (Lipinski definition) is 6. The Bertz CT molecular complexity index is 913. The van der Waals surface area contributed by atoms with Crippen molar-refractivity contribution in [1.82, 2.24) is 0 Å². The monoisotopic (exact) mass is 392 g/mol. The van der Waals surface area contributed by atoms with Crippen LogP contribution in [-0.4, -0.2) is 32.1 Å². The fraction of sp³-hybridized carbons (Fsp3) is 0.278. The number of nitro groups is 1. The minimum absolute atomic E-state index is 0.0398. The van der Waals surface area contributed by atoms with Crippen LogP contribution in [0.15, 0.2) is 48.5 Å². The lowest BCUT2D eigenvalue weighted by molar-refractivity contribution is -0.384. The van der Waals surface area contributed by atoms with Crippen LogP contribution < -0.4 is 10.1 Å². The zero-order valence-electron chi connectivity index (χ0n) is 14.8. The lowest BCUT2D eigenvalue weighted by atomic mass is 10.2. The van der Waals surface area contributed by atoms with E-state index < -0.39 is 20.7 Å². The van der Waals surface area contributed by atoms with E-state index in [1.54, 1.807) is 30.3 Å². The third-order valence-corrected chi connectivity index (χ3v) is 5.45. The maximum atomic E-state index is 12.1. The van der Waals surface area contributed by atoms with Gasteiger partial charge in [0.1, 0.15) is 11.4 Å². The summed E-state index contributed by atoms with van der Waals surface area (Å²) in [5.41, 5.74) is 0.438. The number of carbonyl (C=O) groups excluding carboxylic acids is 1. The Balaban J connectivity index is 1.90. The van der Waals surface area contributed by atoms with Gasteiger partial charge in [0.2, 0.25) is 5.91 Å². The first kappa shape index (κ1) is 20.4. The van der Waals surface area contributed by atoms with Crippen molar-refractivity contribution < 1.29 is 22.9 Å². The number of carbonyl (C=O) groups is 1. The molecule has 8 nitrogen and oxygen atoms in total. The molecule has 2 aromatic carbocycles. The molecule has 0 radical (unpaired) electrons. The minimum Gasteiger partial charge on any atom is -0.496 e. The number of nitro benzene ring substituents is 1. The minimum atomic E-state index is -3.34. The van der Waals surface area contributed by atoms with Crippen molar-refractivity contribution in [2.45, 2.75) is 18.6 Å². The zero-order valence-corrected chi connectivity index (χ0v) is 15.6. The molecule has 144 valence electrons. The lowest BCUT2D eigenvalue weighted by Crippen LogP contribution is -2.16. The molecule has 0 atom stereocenters. The van der Waals surface area contributed by atoms with Crippen molar-refractivity contribution in [3.05, 3.63) is 64.2 Å². The van der Waals surface area contributed by atoms with Gasteiger partial charge in [-0.15, -0.1) is 0 Å². The molecule has 9 heteroatoms. The molecule has 27 heavy (non-hydrogen) atoms. The molecule has 0 heterocycles. The van der Waals surface area contributed by atoms with Crippen LogP contribution in [0.4, 0.5) is 11.4 Å². The lowest BCUT2D eigenvalue weighted by Gasteiger charge is -2.08.